The van der Waals surface area contributed by atoms with E-state index in [1.807, 2.05) is 20.8 Å². The number of amides is 1. The van der Waals surface area contributed by atoms with Gasteiger partial charge in [0.05, 0.1) is 22.9 Å². The monoisotopic (exact) mass is 766 g/mol. The molecule has 5 rings (SSSR count). The fourth-order valence-corrected chi connectivity index (χ4v) is 6.31. The summed E-state index contributed by atoms with van der Waals surface area (Å²) < 4.78 is 90.8. The molecule has 2 atom stereocenters. The molecule has 2 aromatic carbocycles. The second-order valence-electron chi connectivity index (χ2n) is 14.4. The van der Waals surface area contributed by atoms with Crippen molar-refractivity contribution in [2.75, 3.05) is 6.61 Å². The summed E-state index contributed by atoms with van der Waals surface area (Å²) in [5.41, 5.74) is 2.64. The third kappa shape index (κ3) is 8.50. The molecule has 0 aliphatic carbocycles. The van der Waals surface area contributed by atoms with E-state index >= 15 is 4.39 Å². The van der Waals surface area contributed by atoms with Gasteiger partial charge in [0.25, 0.3) is 12.3 Å². The Balaban J connectivity index is 1.60. The molecule has 1 aliphatic rings. The van der Waals surface area contributed by atoms with E-state index in [1.54, 1.807) is 0 Å². The number of ether oxygens (including phenoxy) is 1. The highest BCUT2D eigenvalue weighted by Crippen LogP contribution is 2.46. The van der Waals surface area contributed by atoms with Crippen LogP contribution in [0.15, 0.2) is 60.1 Å². The molecule has 11 nitrogen and oxygen atoms in total. The third-order valence-corrected chi connectivity index (χ3v) is 8.78. The lowest BCUT2D eigenvalue weighted by atomic mass is 9.75. The number of alkyl halides is 5. The summed E-state index contributed by atoms with van der Waals surface area (Å²) in [6.07, 6.45) is -0.502. The van der Waals surface area contributed by atoms with Gasteiger partial charge in [-0.2, -0.15) is 19.0 Å². The lowest BCUT2D eigenvalue weighted by Crippen LogP contribution is -2.47. The van der Waals surface area contributed by atoms with Crippen LogP contribution >= 0.6 is 11.6 Å². The van der Waals surface area contributed by atoms with Gasteiger partial charge >= 0.3 is 12.5 Å². The Hall–Kier alpha value is -4.93. The molecule has 4 aromatic rings. The van der Waals surface area contributed by atoms with Crippen molar-refractivity contribution in [2.24, 2.45) is 16.1 Å². The summed E-state index contributed by atoms with van der Waals surface area (Å²) in [5.74, 6) is -3.43. The average Bonchev–Trinajstić information content (AvgIpc) is 3.80. The van der Waals surface area contributed by atoms with E-state index in [2.05, 4.69) is 20.2 Å². The Morgan fingerprint density at radius 3 is 2.38 bits per heavy atom. The smallest absolute Gasteiger partial charge is 0.333 e. The minimum Gasteiger partial charge on any atom is -0.463 e. The number of hydrogen-bond acceptors (Lipinski definition) is 8. The van der Waals surface area contributed by atoms with Crippen molar-refractivity contribution in [1.82, 2.24) is 29.4 Å². The van der Waals surface area contributed by atoms with Crippen LogP contribution < -0.4 is 5.73 Å². The molecule has 0 bridgehead atoms. The van der Waals surface area contributed by atoms with E-state index in [9.17, 15) is 31.5 Å². The van der Waals surface area contributed by atoms with Gasteiger partial charge in [-0.1, -0.05) is 50.6 Å². The second-order valence-corrected chi connectivity index (χ2v) is 14.8. The van der Waals surface area contributed by atoms with Gasteiger partial charge in [0, 0.05) is 23.7 Å². The van der Waals surface area contributed by atoms with Crippen LogP contribution in [0, 0.1) is 11.2 Å². The first-order chi connectivity index (χ1) is 24.7. The van der Waals surface area contributed by atoms with Crippen molar-refractivity contribution in [1.29, 1.82) is 0 Å². The molecule has 1 aliphatic heterocycles. The first kappa shape index (κ1) is 39.3. The number of halogens is 7. The van der Waals surface area contributed by atoms with Crippen LogP contribution in [0.25, 0.3) is 16.8 Å². The number of nitrogens with zero attached hydrogens (tertiary/aromatic N) is 7. The number of rotatable bonds is 13. The van der Waals surface area contributed by atoms with E-state index in [-0.39, 0.29) is 58.2 Å². The van der Waals surface area contributed by atoms with Gasteiger partial charge in [-0.25, -0.2) is 36.9 Å². The van der Waals surface area contributed by atoms with Crippen LogP contribution in [0.2, 0.25) is 5.02 Å². The molecule has 1 amide bonds. The molecule has 0 spiro atoms. The summed E-state index contributed by atoms with van der Waals surface area (Å²) in [5, 5.41) is 7.44. The minimum absolute atomic E-state index is 0.00119. The quantitative estimate of drug-likeness (QED) is 0.108. The molecule has 18 heteroatoms. The molecule has 0 radical (unpaired) electrons. The first-order valence-electron chi connectivity index (χ1n) is 16.3. The normalized spacial score (nSPS) is 17.2. The molecule has 284 valence electrons. The lowest BCUT2D eigenvalue weighted by Gasteiger charge is -2.35. The highest BCUT2D eigenvalue weighted by Gasteiger charge is 2.53. The summed E-state index contributed by atoms with van der Waals surface area (Å²) in [6, 6.07) is 6.76. The van der Waals surface area contributed by atoms with Gasteiger partial charge in [0.1, 0.15) is 24.4 Å². The number of hydrogen-bond donors (Lipinski definition) is 1. The molecule has 0 saturated carbocycles. The molecule has 2 aromatic heterocycles. The number of carbonyl (C=O) groups excluding carboxylic acids is 2. The predicted molar refractivity (Wildman–Crippen MR) is 183 cm³/mol. The van der Waals surface area contributed by atoms with Gasteiger partial charge in [-0.3, -0.25) is 14.5 Å². The summed E-state index contributed by atoms with van der Waals surface area (Å²) in [7, 11) is 0. The number of carbonyl (C=O) groups is 2. The molecule has 0 fully saturated rings. The molecule has 53 heavy (non-hydrogen) atoms. The summed E-state index contributed by atoms with van der Waals surface area (Å²) in [4.78, 5) is 37.0. The number of benzene rings is 2. The van der Waals surface area contributed by atoms with Gasteiger partial charge in [-0.05, 0) is 61.4 Å². The van der Waals surface area contributed by atoms with Crippen LogP contribution in [0.1, 0.15) is 89.8 Å². The standard InChI is InChI=1S/C35H37ClF6N8O3/c1-33(2,3)17-35(21-7-8-22(24(37)13-21)20-14-45-48(15-20)31(40)41)30(52)49(32(43)47-35)26(16-53-27(51)10-11-34(4,5)42)19-6-9-23(36)25(12-19)50-29(28(38)39)44-18-46-50/h6-9,12-15,18,26,28,31H,10-11,16-17H2,1-5H3,(H2,43,47)/t26-,35-/m1/s1. The van der Waals surface area contributed by atoms with E-state index < -0.39 is 65.8 Å². The molecular formula is C35H37ClF6N8O3. The Morgan fingerprint density at radius 2 is 1.77 bits per heavy atom. The average molecular weight is 767 g/mol. The summed E-state index contributed by atoms with van der Waals surface area (Å²) >= 11 is 6.42. The topological polar surface area (TPSA) is 134 Å². The molecule has 0 saturated heterocycles. The number of aromatic nitrogens is 5. The zero-order valence-electron chi connectivity index (χ0n) is 29.3. The third-order valence-electron chi connectivity index (χ3n) is 8.46. The zero-order chi connectivity index (χ0) is 39.0. The Labute approximate surface area is 305 Å². The number of aliphatic imine (C=N–C) groups is 1. The van der Waals surface area contributed by atoms with Crippen LogP contribution in [0.3, 0.4) is 0 Å². The fourth-order valence-electron chi connectivity index (χ4n) is 6.11. The van der Waals surface area contributed by atoms with E-state index in [4.69, 9.17) is 22.1 Å². The summed E-state index contributed by atoms with van der Waals surface area (Å²) in [6.45, 7) is 4.61. The number of guanidine groups is 1. The molecule has 0 unspecified atom stereocenters. The van der Waals surface area contributed by atoms with Crippen molar-refractivity contribution in [3.8, 4) is 16.8 Å². The van der Waals surface area contributed by atoms with Crippen LogP contribution in [-0.2, 0) is 19.9 Å². The van der Waals surface area contributed by atoms with Gasteiger partial charge in [0.2, 0.25) is 0 Å². The largest absolute Gasteiger partial charge is 0.463 e. The van der Waals surface area contributed by atoms with Crippen molar-refractivity contribution in [2.45, 2.75) is 84.1 Å². The van der Waals surface area contributed by atoms with E-state index in [0.29, 0.717) is 4.68 Å². The lowest BCUT2D eigenvalue weighted by molar-refractivity contribution is -0.148. The second kappa shape index (κ2) is 14.8. The number of nitrogens with two attached hydrogens (primary N) is 1. The molecule has 3 heterocycles. The first-order valence-corrected chi connectivity index (χ1v) is 16.7. The Morgan fingerprint density at radius 1 is 1.06 bits per heavy atom. The van der Waals surface area contributed by atoms with Crippen LogP contribution in [0.5, 0.6) is 0 Å². The maximum absolute atomic E-state index is 15.8. The number of esters is 1. The van der Waals surface area contributed by atoms with Crippen molar-refractivity contribution in [3.63, 3.8) is 0 Å². The van der Waals surface area contributed by atoms with Gasteiger partial charge in [0.15, 0.2) is 17.3 Å². The Bertz CT molecular complexity index is 2020. The maximum Gasteiger partial charge on any atom is 0.333 e. The zero-order valence-corrected chi connectivity index (χ0v) is 30.1. The van der Waals surface area contributed by atoms with Crippen molar-refractivity contribution in [3.05, 3.63) is 82.9 Å². The van der Waals surface area contributed by atoms with Crippen LogP contribution in [-0.4, -0.2) is 59.6 Å². The van der Waals surface area contributed by atoms with E-state index in [1.165, 1.54) is 44.2 Å². The highest BCUT2D eigenvalue weighted by molar-refractivity contribution is 6.32. The van der Waals surface area contributed by atoms with Crippen molar-refractivity contribution >= 4 is 29.4 Å². The Kier molecular flexibility index (Phi) is 11.0. The SMILES string of the molecule is CC(C)(C)C[C@]1(c2ccc(-c3cnn(C(F)F)c3)c(F)c2)N=C(N)N([C@H](COC(=O)CCC(C)(C)F)c2ccc(Cl)c(-n3ncnc3C(F)F)c2)C1=O. The van der Waals surface area contributed by atoms with Crippen molar-refractivity contribution < 1.29 is 40.7 Å². The highest BCUT2D eigenvalue weighted by atomic mass is 35.5. The molecular weight excluding hydrogens is 730 g/mol. The van der Waals surface area contributed by atoms with Crippen LogP contribution in [0.4, 0.5) is 26.3 Å². The minimum atomic E-state index is -3.03. The predicted octanol–water partition coefficient (Wildman–Crippen LogP) is 7.86. The van der Waals surface area contributed by atoms with Gasteiger partial charge < -0.3 is 10.5 Å². The fraction of sp³-hybridized carbons (Fsp3) is 0.429. The maximum atomic E-state index is 15.8. The van der Waals surface area contributed by atoms with E-state index in [0.717, 1.165) is 34.4 Å². The molecule has 2 N–H and O–H groups in total. The van der Waals surface area contributed by atoms with Gasteiger partial charge in [-0.15, -0.1) is 0 Å².